The van der Waals surface area contributed by atoms with Gasteiger partial charge in [0.2, 0.25) is 5.91 Å². The van der Waals surface area contributed by atoms with Crippen LogP contribution in [-0.4, -0.2) is 16.1 Å². The molecule has 1 amide bonds. The summed E-state index contributed by atoms with van der Waals surface area (Å²) in [4.78, 5) is 11.9. The number of anilines is 3. The van der Waals surface area contributed by atoms with Crippen LogP contribution in [0.4, 0.5) is 17.3 Å². The first kappa shape index (κ1) is 16.2. The Labute approximate surface area is 135 Å². The van der Waals surface area contributed by atoms with Crippen molar-refractivity contribution in [1.82, 2.24) is 10.2 Å². The van der Waals surface area contributed by atoms with E-state index in [0.717, 1.165) is 11.3 Å². The van der Waals surface area contributed by atoms with E-state index in [-0.39, 0.29) is 5.91 Å². The third kappa shape index (κ3) is 4.18. The Morgan fingerprint density at radius 3 is 2.32 bits per heavy atom. The summed E-state index contributed by atoms with van der Waals surface area (Å²) < 4.78 is 0. The van der Waals surface area contributed by atoms with Gasteiger partial charge in [-0.2, -0.15) is 0 Å². The maximum atomic E-state index is 11.9. The van der Waals surface area contributed by atoms with Crippen molar-refractivity contribution in [2.24, 2.45) is 5.41 Å². The lowest BCUT2D eigenvalue weighted by molar-refractivity contribution is -0.123. The number of amides is 1. The van der Waals surface area contributed by atoms with Crippen molar-refractivity contribution in [3.63, 3.8) is 0 Å². The minimum absolute atomic E-state index is 0.104. The Hall–Kier alpha value is -2.14. The molecule has 116 valence electrons. The van der Waals surface area contributed by atoms with Crippen LogP contribution in [0.15, 0.2) is 30.3 Å². The number of halogens is 1. The fraction of sp³-hybridized carbons (Fsp3) is 0.312. The lowest BCUT2D eigenvalue weighted by atomic mass is 9.96. The number of nitrogens with one attached hydrogen (secondary N) is 2. The molecule has 1 aromatic carbocycles. The SMILES string of the molecule is Cc1ccc(Cl)cc1Nc1ccc(NC(=O)C(C)(C)C)nn1. The number of hydrogen-bond donors (Lipinski definition) is 2. The zero-order valence-electron chi connectivity index (χ0n) is 13.1. The van der Waals surface area contributed by atoms with Crippen molar-refractivity contribution >= 4 is 34.8 Å². The highest BCUT2D eigenvalue weighted by Gasteiger charge is 2.21. The smallest absolute Gasteiger partial charge is 0.230 e. The topological polar surface area (TPSA) is 66.9 Å². The highest BCUT2D eigenvalue weighted by Crippen LogP contribution is 2.23. The van der Waals surface area contributed by atoms with Gasteiger partial charge in [-0.25, -0.2) is 0 Å². The maximum absolute atomic E-state index is 11.9. The van der Waals surface area contributed by atoms with E-state index < -0.39 is 5.41 Å². The van der Waals surface area contributed by atoms with Gasteiger partial charge >= 0.3 is 0 Å². The van der Waals surface area contributed by atoms with Gasteiger partial charge < -0.3 is 10.6 Å². The molecule has 6 heteroatoms. The molecule has 2 rings (SSSR count). The molecular weight excluding hydrogens is 300 g/mol. The monoisotopic (exact) mass is 318 g/mol. The van der Waals surface area contributed by atoms with Gasteiger partial charge in [0, 0.05) is 16.1 Å². The lowest BCUT2D eigenvalue weighted by Crippen LogP contribution is -2.28. The molecule has 0 bridgehead atoms. The minimum atomic E-state index is -0.476. The van der Waals surface area contributed by atoms with Gasteiger partial charge in [0.15, 0.2) is 11.6 Å². The summed E-state index contributed by atoms with van der Waals surface area (Å²) in [5.41, 5.74) is 1.45. The standard InChI is InChI=1S/C16H19ClN4O/c1-10-5-6-11(17)9-12(10)18-13-7-8-14(21-20-13)19-15(22)16(2,3)4/h5-9H,1-4H3,(H,18,20)(H,19,21,22). The molecule has 0 aliphatic heterocycles. The van der Waals surface area contributed by atoms with Crippen LogP contribution in [0.5, 0.6) is 0 Å². The molecule has 2 N–H and O–H groups in total. The van der Waals surface area contributed by atoms with Crippen LogP contribution in [0.3, 0.4) is 0 Å². The van der Waals surface area contributed by atoms with E-state index in [9.17, 15) is 4.79 Å². The average Bonchev–Trinajstić information content (AvgIpc) is 2.44. The van der Waals surface area contributed by atoms with E-state index in [2.05, 4.69) is 20.8 Å². The molecule has 0 aliphatic rings. The summed E-state index contributed by atoms with van der Waals surface area (Å²) in [6, 6.07) is 9.05. The summed E-state index contributed by atoms with van der Waals surface area (Å²) in [6.45, 7) is 7.50. The predicted octanol–water partition coefficient (Wildman–Crippen LogP) is 4.17. The molecule has 1 heterocycles. The zero-order valence-corrected chi connectivity index (χ0v) is 13.8. The quantitative estimate of drug-likeness (QED) is 0.891. The second kappa shape index (κ2) is 6.32. The van der Waals surface area contributed by atoms with Crippen LogP contribution < -0.4 is 10.6 Å². The number of aryl methyl sites for hydroxylation is 1. The molecule has 5 nitrogen and oxygen atoms in total. The number of aromatic nitrogens is 2. The van der Waals surface area contributed by atoms with Crippen molar-refractivity contribution in [1.29, 1.82) is 0 Å². The van der Waals surface area contributed by atoms with Crippen molar-refractivity contribution in [3.8, 4) is 0 Å². The molecule has 0 spiro atoms. The molecule has 0 atom stereocenters. The zero-order chi connectivity index (χ0) is 16.3. The Morgan fingerprint density at radius 1 is 1.09 bits per heavy atom. The average molecular weight is 319 g/mol. The van der Waals surface area contributed by atoms with Crippen molar-refractivity contribution < 1.29 is 4.79 Å². The molecule has 0 radical (unpaired) electrons. The second-order valence-corrected chi connectivity index (χ2v) is 6.53. The Kier molecular flexibility index (Phi) is 4.66. The third-order valence-electron chi connectivity index (χ3n) is 3.05. The summed E-state index contributed by atoms with van der Waals surface area (Å²) in [5, 5.41) is 14.6. The largest absolute Gasteiger partial charge is 0.338 e. The van der Waals surface area contributed by atoms with Crippen LogP contribution in [0.2, 0.25) is 5.02 Å². The molecule has 0 fully saturated rings. The lowest BCUT2D eigenvalue weighted by Gasteiger charge is -2.17. The van der Waals surface area contributed by atoms with Gasteiger partial charge in [-0.1, -0.05) is 38.4 Å². The van der Waals surface area contributed by atoms with E-state index in [0.29, 0.717) is 16.7 Å². The number of hydrogen-bond acceptors (Lipinski definition) is 4. The van der Waals surface area contributed by atoms with Gasteiger partial charge in [0.05, 0.1) is 0 Å². The van der Waals surface area contributed by atoms with E-state index in [1.165, 1.54) is 0 Å². The number of nitrogens with zero attached hydrogens (tertiary/aromatic N) is 2. The molecule has 0 unspecified atom stereocenters. The molecule has 0 aliphatic carbocycles. The van der Waals surface area contributed by atoms with Crippen LogP contribution in [0.25, 0.3) is 0 Å². The maximum Gasteiger partial charge on any atom is 0.230 e. The van der Waals surface area contributed by atoms with Gasteiger partial charge in [-0.3, -0.25) is 4.79 Å². The number of carbonyl (C=O) groups excluding carboxylic acids is 1. The Morgan fingerprint density at radius 2 is 1.73 bits per heavy atom. The predicted molar refractivity (Wildman–Crippen MR) is 89.6 cm³/mol. The third-order valence-corrected chi connectivity index (χ3v) is 3.28. The fourth-order valence-electron chi connectivity index (χ4n) is 1.64. The first-order valence-corrected chi connectivity index (χ1v) is 7.32. The van der Waals surface area contributed by atoms with E-state index in [4.69, 9.17) is 11.6 Å². The normalized spacial score (nSPS) is 11.1. The highest BCUT2D eigenvalue weighted by molar-refractivity contribution is 6.30. The van der Waals surface area contributed by atoms with Crippen molar-refractivity contribution in [2.45, 2.75) is 27.7 Å². The van der Waals surface area contributed by atoms with E-state index >= 15 is 0 Å². The van der Waals surface area contributed by atoms with Crippen LogP contribution >= 0.6 is 11.6 Å². The minimum Gasteiger partial charge on any atom is -0.338 e. The number of rotatable bonds is 3. The second-order valence-electron chi connectivity index (χ2n) is 6.09. The van der Waals surface area contributed by atoms with Gasteiger partial charge in [-0.05, 0) is 36.8 Å². The van der Waals surface area contributed by atoms with E-state index in [1.807, 2.05) is 45.9 Å². The summed E-state index contributed by atoms with van der Waals surface area (Å²) in [6.07, 6.45) is 0. The summed E-state index contributed by atoms with van der Waals surface area (Å²) >= 11 is 5.98. The van der Waals surface area contributed by atoms with Crippen molar-refractivity contribution in [2.75, 3.05) is 10.6 Å². The molecule has 1 aromatic heterocycles. The Balaban J connectivity index is 2.09. The molecule has 0 saturated heterocycles. The van der Waals surface area contributed by atoms with E-state index in [1.54, 1.807) is 12.1 Å². The summed E-state index contributed by atoms with van der Waals surface area (Å²) in [7, 11) is 0. The molecular formula is C16H19ClN4O. The van der Waals surface area contributed by atoms with Gasteiger partial charge in [0.1, 0.15) is 0 Å². The fourth-order valence-corrected chi connectivity index (χ4v) is 1.81. The molecule has 0 saturated carbocycles. The van der Waals surface area contributed by atoms with Gasteiger partial charge in [-0.15, -0.1) is 10.2 Å². The van der Waals surface area contributed by atoms with Crippen LogP contribution in [-0.2, 0) is 4.79 Å². The summed E-state index contributed by atoms with van der Waals surface area (Å²) in [5.74, 6) is 0.903. The highest BCUT2D eigenvalue weighted by atomic mass is 35.5. The molecule has 22 heavy (non-hydrogen) atoms. The Bertz CT molecular complexity index is 678. The first-order valence-electron chi connectivity index (χ1n) is 6.94. The van der Waals surface area contributed by atoms with Crippen LogP contribution in [0.1, 0.15) is 26.3 Å². The van der Waals surface area contributed by atoms with Gasteiger partial charge in [0.25, 0.3) is 0 Å². The number of carbonyl (C=O) groups is 1. The first-order chi connectivity index (χ1) is 10.3. The van der Waals surface area contributed by atoms with Crippen LogP contribution in [0, 0.1) is 12.3 Å². The molecule has 2 aromatic rings. The van der Waals surface area contributed by atoms with Crippen molar-refractivity contribution in [3.05, 3.63) is 40.9 Å². The number of benzene rings is 1.